The molecule has 1 unspecified atom stereocenters. The summed E-state index contributed by atoms with van der Waals surface area (Å²) in [5.41, 5.74) is -2.00. The van der Waals surface area contributed by atoms with E-state index in [2.05, 4.69) is 30.7 Å². The molecule has 0 spiro atoms. The first kappa shape index (κ1) is 20.4. The predicted molar refractivity (Wildman–Crippen MR) is 92.3 cm³/mol. The lowest BCUT2D eigenvalue weighted by Gasteiger charge is -2.15. The van der Waals surface area contributed by atoms with Crippen molar-refractivity contribution in [3.63, 3.8) is 0 Å². The van der Waals surface area contributed by atoms with Gasteiger partial charge >= 0.3 is 11.9 Å². The van der Waals surface area contributed by atoms with Gasteiger partial charge in [0.2, 0.25) is 0 Å². The molecule has 0 saturated heterocycles. The van der Waals surface area contributed by atoms with Crippen LogP contribution < -0.4 is 11.0 Å². The lowest BCUT2D eigenvalue weighted by molar-refractivity contribution is -0.137. The highest BCUT2D eigenvalue weighted by Gasteiger charge is 2.32. The first-order chi connectivity index (χ1) is 13.6. The van der Waals surface area contributed by atoms with E-state index in [0.717, 1.165) is 27.8 Å². The van der Waals surface area contributed by atoms with Crippen molar-refractivity contribution in [2.24, 2.45) is 7.05 Å². The SMILES string of the molecule is CC(NC(=O)c1cc(Cl)cc(C(F)(F)F)c1)c1ncnn1-c1nnc(=O)n(C)n1. The highest BCUT2D eigenvalue weighted by molar-refractivity contribution is 6.31. The summed E-state index contributed by atoms with van der Waals surface area (Å²) in [5, 5.41) is 17.1. The summed E-state index contributed by atoms with van der Waals surface area (Å²) in [6.45, 7) is 1.53. The number of hydrogen-bond donors (Lipinski definition) is 1. The number of carbonyl (C=O) groups is 1. The highest BCUT2D eigenvalue weighted by atomic mass is 35.5. The zero-order chi connectivity index (χ0) is 21.3. The summed E-state index contributed by atoms with van der Waals surface area (Å²) in [6, 6.07) is 1.73. The van der Waals surface area contributed by atoms with Crippen LogP contribution in [0.15, 0.2) is 29.3 Å². The molecule has 3 rings (SSSR count). The van der Waals surface area contributed by atoms with Crippen molar-refractivity contribution >= 4 is 17.5 Å². The molecule has 3 aromatic rings. The van der Waals surface area contributed by atoms with E-state index in [0.29, 0.717) is 6.07 Å². The van der Waals surface area contributed by atoms with E-state index in [1.165, 1.54) is 14.0 Å². The van der Waals surface area contributed by atoms with Crippen molar-refractivity contribution < 1.29 is 18.0 Å². The van der Waals surface area contributed by atoms with E-state index in [9.17, 15) is 22.8 Å². The molecule has 1 aromatic carbocycles. The highest BCUT2D eigenvalue weighted by Crippen LogP contribution is 2.32. The maximum Gasteiger partial charge on any atom is 0.416 e. The van der Waals surface area contributed by atoms with Crippen LogP contribution in [0, 0.1) is 0 Å². The second-order valence-corrected chi connectivity index (χ2v) is 6.29. The van der Waals surface area contributed by atoms with Crippen LogP contribution in [0.5, 0.6) is 0 Å². The van der Waals surface area contributed by atoms with Gasteiger partial charge in [-0.25, -0.2) is 14.5 Å². The Hall–Kier alpha value is -3.35. The molecule has 10 nitrogen and oxygen atoms in total. The minimum Gasteiger partial charge on any atom is -0.342 e. The number of alkyl halides is 3. The van der Waals surface area contributed by atoms with Crippen molar-refractivity contribution in [2.45, 2.75) is 19.1 Å². The average Bonchev–Trinajstić information content (AvgIpc) is 3.12. The van der Waals surface area contributed by atoms with Crippen LogP contribution in [0.2, 0.25) is 5.02 Å². The average molecular weight is 429 g/mol. The number of rotatable bonds is 4. The molecule has 0 bridgehead atoms. The Balaban J connectivity index is 1.87. The van der Waals surface area contributed by atoms with Crippen molar-refractivity contribution in [3.8, 4) is 5.95 Å². The quantitative estimate of drug-likeness (QED) is 0.665. The molecule has 152 valence electrons. The number of aryl methyl sites for hydroxylation is 1. The monoisotopic (exact) mass is 428 g/mol. The fourth-order valence-electron chi connectivity index (χ4n) is 2.36. The van der Waals surface area contributed by atoms with E-state index < -0.39 is 29.4 Å². The third-order valence-electron chi connectivity index (χ3n) is 3.73. The summed E-state index contributed by atoms with van der Waals surface area (Å²) in [4.78, 5) is 27.8. The number of amides is 1. The molecule has 0 fully saturated rings. The molecular formula is C15H12ClF3N8O2. The maximum atomic E-state index is 12.9. The summed E-state index contributed by atoms with van der Waals surface area (Å²) in [7, 11) is 1.36. The second kappa shape index (κ2) is 7.58. The standard InChI is InChI=1S/C15H12ClF3N8O2/c1-7(11-20-6-21-27(11)13-23-24-14(29)26(2)25-13)22-12(28)8-3-9(15(17,18)19)5-10(16)4-8/h3-7H,1-2H3,(H,22,28). The molecule has 0 aliphatic heterocycles. The van der Waals surface area contributed by atoms with Crippen LogP contribution in [0.25, 0.3) is 5.95 Å². The zero-order valence-corrected chi connectivity index (χ0v) is 15.6. The normalized spacial score (nSPS) is 12.6. The molecule has 2 heterocycles. The van der Waals surface area contributed by atoms with Crippen LogP contribution >= 0.6 is 11.6 Å². The van der Waals surface area contributed by atoms with Crippen molar-refractivity contribution in [1.29, 1.82) is 0 Å². The molecule has 29 heavy (non-hydrogen) atoms. The number of benzene rings is 1. The molecule has 0 saturated carbocycles. The smallest absolute Gasteiger partial charge is 0.342 e. The largest absolute Gasteiger partial charge is 0.416 e. The lowest BCUT2D eigenvalue weighted by Crippen LogP contribution is -2.30. The van der Waals surface area contributed by atoms with E-state index in [-0.39, 0.29) is 22.4 Å². The third kappa shape index (κ3) is 4.39. The van der Waals surface area contributed by atoms with Gasteiger partial charge in [-0.3, -0.25) is 4.79 Å². The van der Waals surface area contributed by atoms with Crippen LogP contribution in [-0.4, -0.2) is 40.6 Å². The van der Waals surface area contributed by atoms with Gasteiger partial charge in [-0.05, 0) is 25.1 Å². The Bertz CT molecular complexity index is 1130. The molecule has 0 aliphatic rings. The fraction of sp³-hybridized carbons (Fsp3) is 0.267. The molecule has 1 amide bonds. The first-order valence-electron chi connectivity index (χ1n) is 7.93. The van der Waals surface area contributed by atoms with Gasteiger partial charge in [0.15, 0.2) is 5.82 Å². The Morgan fingerprint density at radius 3 is 2.62 bits per heavy atom. The predicted octanol–water partition coefficient (Wildman–Crippen LogP) is 1.31. The molecule has 14 heteroatoms. The Morgan fingerprint density at radius 1 is 1.24 bits per heavy atom. The molecule has 0 aliphatic carbocycles. The first-order valence-corrected chi connectivity index (χ1v) is 8.31. The van der Waals surface area contributed by atoms with Gasteiger partial charge in [-0.2, -0.15) is 23.0 Å². The van der Waals surface area contributed by atoms with Crippen LogP contribution in [0.4, 0.5) is 13.2 Å². The molecular weight excluding hydrogens is 417 g/mol. The molecule has 0 radical (unpaired) electrons. The third-order valence-corrected chi connectivity index (χ3v) is 3.95. The van der Waals surface area contributed by atoms with Crippen LogP contribution in [-0.2, 0) is 13.2 Å². The number of nitrogens with zero attached hydrogens (tertiary/aromatic N) is 7. The van der Waals surface area contributed by atoms with Gasteiger partial charge < -0.3 is 5.32 Å². The number of nitrogens with one attached hydrogen (secondary N) is 1. The number of hydrogen-bond acceptors (Lipinski definition) is 7. The minimum absolute atomic E-state index is 0.0807. The topological polar surface area (TPSA) is 120 Å². The van der Waals surface area contributed by atoms with Gasteiger partial charge in [0.05, 0.1) is 11.6 Å². The van der Waals surface area contributed by atoms with Gasteiger partial charge in [0.25, 0.3) is 11.9 Å². The summed E-state index contributed by atoms with van der Waals surface area (Å²) in [5.74, 6) is -0.723. The minimum atomic E-state index is -4.65. The Morgan fingerprint density at radius 2 is 1.97 bits per heavy atom. The van der Waals surface area contributed by atoms with Crippen molar-refractivity contribution in [3.05, 3.63) is 57.0 Å². The van der Waals surface area contributed by atoms with Crippen LogP contribution in [0.1, 0.15) is 34.7 Å². The van der Waals surface area contributed by atoms with Crippen molar-refractivity contribution in [1.82, 2.24) is 40.1 Å². The zero-order valence-electron chi connectivity index (χ0n) is 14.8. The lowest BCUT2D eigenvalue weighted by atomic mass is 10.1. The molecule has 1 N–H and O–H groups in total. The summed E-state index contributed by atoms with van der Waals surface area (Å²) >= 11 is 5.71. The summed E-state index contributed by atoms with van der Waals surface area (Å²) < 4.78 is 40.9. The summed E-state index contributed by atoms with van der Waals surface area (Å²) in [6.07, 6.45) is -3.49. The Labute approximate surface area is 165 Å². The maximum absolute atomic E-state index is 12.9. The van der Waals surface area contributed by atoms with Crippen molar-refractivity contribution in [2.75, 3.05) is 0 Å². The second-order valence-electron chi connectivity index (χ2n) is 5.86. The van der Waals surface area contributed by atoms with Gasteiger partial charge in [0.1, 0.15) is 6.33 Å². The van der Waals surface area contributed by atoms with Gasteiger partial charge in [-0.1, -0.05) is 16.7 Å². The Kier molecular flexibility index (Phi) is 5.33. The van der Waals surface area contributed by atoms with E-state index >= 15 is 0 Å². The number of carbonyl (C=O) groups excluding carboxylic acids is 1. The van der Waals surface area contributed by atoms with E-state index in [1.807, 2.05) is 0 Å². The van der Waals surface area contributed by atoms with Crippen LogP contribution in [0.3, 0.4) is 0 Å². The van der Waals surface area contributed by atoms with E-state index in [1.54, 1.807) is 0 Å². The number of aromatic nitrogens is 7. The fourth-order valence-corrected chi connectivity index (χ4v) is 2.60. The van der Waals surface area contributed by atoms with Gasteiger partial charge in [0, 0.05) is 17.6 Å². The van der Waals surface area contributed by atoms with Gasteiger partial charge in [-0.15, -0.1) is 10.2 Å². The molecule has 2 aromatic heterocycles. The molecule has 1 atom stereocenters. The number of halogens is 4. The van der Waals surface area contributed by atoms with E-state index in [4.69, 9.17) is 11.6 Å².